The van der Waals surface area contributed by atoms with Crippen molar-refractivity contribution in [3.8, 4) is 23.6 Å². The van der Waals surface area contributed by atoms with Crippen molar-refractivity contribution in [2.24, 2.45) is 5.92 Å². The van der Waals surface area contributed by atoms with Crippen LogP contribution in [0, 0.1) is 28.6 Å². The number of nitrogens with one attached hydrogen (secondary N) is 2. The Morgan fingerprint density at radius 3 is 2.46 bits per heavy atom. The lowest BCUT2D eigenvalue weighted by Gasteiger charge is -2.46. The van der Waals surface area contributed by atoms with Gasteiger partial charge in [0.2, 0.25) is 11.8 Å². The predicted molar refractivity (Wildman–Crippen MR) is 214 cm³/mol. The van der Waals surface area contributed by atoms with Gasteiger partial charge < -0.3 is 10.2 Å². The highest BCUT2D eigenvalue weighted by Gasteiger charge is 2.32. The number of hydrogen-bond donors (Lipinski definition) is 2. The average molecular weight is 766 g/mol. The molecular formula is C42H47N13O2. The summed E-state index contributed by atoms with van der Waals surface area (Å²) in [7, 11) is 0. The van der Waals surface area contributed by atoms with Gasteiger partial charge >= 0.3 is 0 Å². The van der Waals surface area contributed by atoms with E-state index in [-0.39, 0.29) is 17.7 Å². The number of imide groups is 1. The molecule has 292 valence electrons. The quantitative estimate of drug-likeness (QED) is 0.173. The van der Waals surface area contributed by atoms with Gasteiger partial charge in [-0.25, -0.2) is 14.6 Å². The van der Waals surface area contributed by atoms with Gasteiger partial charge in [0, 0.05) is 60.8 Å². The van der Waals surface area contributed by atoms with E-state index in [1.54, 1.807) is 34.7 Å². The van der Waals surface area contributed by atoms with E-state index in [2.05, 4.69) is 83.9 Å². The van der Waals surface area contributed by atoms with E-state index in [9.17, 15) is 20.1 Å². The topological polar surface area (TPSA) is 187 Å². The van der Waals surface area contributed by atoms with E-state index >= 15 is 0 Å². The number of piperazine rings is 1. The highest BCUT2D eigenvalue weighted by Crippen LogP contribution is 2.37. The van der Waals surface area contributed by atoms with Crippen molar-refractivity contribution >= 4 is 34.2 Å². The fraction of sp³-hybridized carbons (Fsp3) is 0.452. The van der Waals surface area contributed by atoms with Crippen LogP contribution in [0.3, 0.4) is 0 Å². The zero-order valence-electron chi connectivity index (χ0n) is 32.5. The first kappa shape index (κ1) is 37.7. The van der Waals surface area contributed by atoms with E-state index in [1.807, 2.05) is 24.4 Å². The second-order valence-electron chi connectivity index (χ2n) is 15.9. The second-order valence-corrected chi connectivity index (χ2v) is 15.9. The molecule has 2 aliphatic heterocycles. The molecule has 1 saturated carbocycles. The molecule has 57 heavy (non-hydrogen) atoms. The Morgan fingerprint density at radius 1 is 0.965 bits per heavy atom. The smallest absolute Gasteiger partial charge is 0.234 e. The number of aromatic nitrogens is 7. The number of carbonyl (C=O) groups is 2. The Kier molecular flexibility index (Phi) is 10.7. The summed E-state index contributed by atoms with van der Waals surface area (Å²) in [5, 5.41) is 38.9. The standard InChI is InChI=1S/C42H47N13O2/c1-26(18-43)48-36-17-39(55-41-33(21-47-55)16-30(19-44)20-46-41)45-22-38(36)54-25-37(50-51-54)32-6-4-29(5-7-32)14-15-53-27(2)23-52(24-28(53)3)34-10-8-31(9-11-34)35-12-13-40(56)49-42(35)57/h8-11,16-17,20-22,25-29,32,35H,4-7,12-15,23-24H2,1-3H3,(H,45,48)(H,49,56,57)/t26-,27+,28+,29?,32?,35?/m1/s1. The van der Waals surface area contributed by atoms with Crippen molar-refractivity contribution in [1.82, 2.24) is 45.0 Å². The summed E-state index contributed by atoms with van der Waals surface area (Å²) >= 11 is 0. The van der Waals surface area contributed by atoms with Gasteiger partial charge in [-0.1, -0.05) is 17.3 Å². The fourth-order valence-corrected chi connectivity index (χ4v) is 8.86. The first-order chi connectivity index (χ1) is 27.7. The number of anilines is 2. The molecule has 8 rings (SSSR count). The van der Waals surface area contributed by atoms with Crippen molar-refractivity contribution in [3.63, 3.8) is 0 Å². The number of nitriles is 2. The summed E-state index contributed by atoms with van der Waals surface area (Å²) in [6.07, 6.45) is 13.4. The number of rotatable bonds is 10. The van der Waals surface area contributed by atoms with Gasteiger partial charge in [-0.2, -0.15) is 20.3 Å². The minimum Gasteiger partial charge on any atom is -0.368 e. The molecule has 0 radical (unpaired) electrons. The lowest BCUT2D eigenvalue weighted by Crippen LogP contribution is -2.57. The van der Waals surface area contributed by atoms with Crippen molar-refractivity contribution in [3.05, 3.63) is 78.0 Å². The Morgan fingerprint density at radius 2 is 1.74 bits per heavy atom. The number of hydrogen-bond acceptors (Lipinski definition) is 12. The molecule has 6 heterocycles. The molecule has 2 N–H and O–H groups in total. The fourth-order valence-electron chi connectivity index (χ4n) is 8.86. The molecule has 1 unspecified atom stereocenters. The molecule has 3 fully saturated rings. The van der Waals surface area contributed by atoms with Crippen molar-refractivity contribution in [1.29, 1.82) is 10.5 Å². The van der Waals surface area contributed by atoms with E-state index in [0.717, 1.165) is 62.0 Å². The number of pyridine rings is 2. The second kappa shape index (κ2) is 16.1. The van der Waals surface area contributed by atoms with Gasteiger partial charge in [0.25, 0.3) is 0 Å². The predicted octanol–water partition coefficient (Wildman–Crippen LogP) is 5.38. The van der Waals surface area contributed by atoms with Gasteiger partial charge in [0.1, 0.15) is 17.8 Å². The molecule has 3 aliphatic rings. The van der Waals surface area contributed by atoms with Gasteiger partial charge in [-0.15, -0.1) is 5.10 Å². The van der Waals surface area contributed by atoms with Crippen LogP contribution in [0.5, 0.6) is 0 Å². The summed E-state index contributed by atoms with van der Waals surface area (Å²) in [6.45, 7) is 9.44. The molecule has 5 aromatic rings. The molecule has 1 aromatic carbocycles. The first-order valence-corrected chi connectivity index (χ1v) is 19.9. The molecule has 15 heteroatoms. The Labute approximate surface area is 331 Å². The van der Waals surface area contributed by atoms with Crippen LogP contribution in [0.25, 0.3) is 22.5 Å². The largest absolute Gasteiger partial charge is 0.368 e. The van der Waals surface area contributed by atoms with Gasteiger partial charge in [0.15, 0.2) is 11.5 Å². The third-order valence-electron chi connectivity index (χ3n) is 12.0. The monoisotopic (exact) mass is 765 g/mol. The maximum absolute atomic E-state index is 12.4. The molecule has 0 spiro atoms. The summed E-state index contributed by atoms with van der Waals surface area (Å²) in [5.74, 6) is 0.881. The summed E-state index contributed by atoms with van der Waals surface area (Å²) in [6, 6.07) is 16.6. The van der Waals surface area contributed by atoms with Gasteiger partial charge in [-0.3, -0.25) is 19.8 Å². The average Bonchev–Trinajstić information content (AvgIpc) is 3.89. The van der Waals surface area contributed by atoms with Crippen LogP contribution in [0.1, 0.15) is 94.4 Å². The zero-order valence-corrected chi connectivity index (χ0v) is 32.5. The first-order valence-electron chi connectivity index (χ1n) is 19.9. The summed E-state index contributed by atoms with van der Waals surface area (Å²) in [5.41, 5.74) is 5.48. The number of nitrogens with zero attached hydrogens (tertiary/aromatic N) is 11. The minimum atomic E-state index is -0.469. The van der Waals surface area contributed by atoms with Crippen molar-refractivity contribution in [2.75, 3.05) is 29.9 Å². The van der Waals surface area contributed by atoms with Gasteiger partial charge in [0.05, 0.1) is 47.5 Å². The summed E-state index contributed by atoms with van der Waals surface area (Å²) in [4.78, 5) is 38.2. The van der Waals surface area contributed by atoms with Crippen molar-refractivity contribution in [2.45, 2.75) is 95.7 Å². The van der Waals surface area contributed by atoms with E-state index < -0.39 is 6.04 Å². The minimum absolute atomic E-state index is 0.185. The third kappa shape index (κ3) is 7.93. The number of amides is 2. The van der Waals surface area contributed by atoms with Crippen LogP contribution in [-0.4, -0.2) is 89.2 Å². The third-order valence-corrected chi connectivity index (χ3v) is 12.0. The Hall–Kier alpha value is -6.19. The van der Waals surface area contributed by atoms with Crippen LogP contribution in [0.15, 0.2) is 61.2 Å². The molecule has 2 saturated heterocycles. The molecule has 2 amide bonds. The number of piperidine rings is 1. The Balaban J connectivity index is 0.861. The lowest BCUT2D eigenvalue weighted by molar-refractivity contribution is -0.134. The number of fused-ring (bicyclic) bond motifs is 1. The summed E-state index contributed by atoms with van der Waals surface area (Å²) < 4.78 is 3.35. The SMILES string of the molecule is C[C@H](C#N)Nc1cc(-n2ncc3cc(C#N)cnc32)ncc1-n1cc(C2CCC(CCN3[C@@H](C)CN(c4ccc(C5CCC(=O)NC5=O)cc4)C[C@@H]3C)CC2)nn1. The van der Waals surface area contributed by atoms with Crippen LogP contribution in [0.2, 0.25) is 0 Å². The number of carbonyl (C=O) groups excluding carboxylic acids is 2. The van der Waals surface area contributed by atoms with E-state index in [4.69, 9.17) is 0 Å². The lowest BCUT2D eigenvalue weighted by atomic mass is 9.79. The molecule has 15 nitrogen and oxygen atoms in total. The van der Waals surface area contributed by atoms with Crippen molar-refractivity contribution < 1.29 is 9.59 Å². The molecular weight excluding hydrogens is 719 g/mol. The zero-order chi connectivity index (χ0) is 39.6. The van der Waals surface area contributed by atoms with Gasteiger partial charge in [-0.05, 0) is 95.5 Å². The maximum atomic E-state index is 12.4. The maximum Gasteiger partial charge on any atom is 0.234 e. The van der Waals surface area contributed by atoms with Crippen LogP contribution in [0.4, 0.5) is 11.4 Å². The molecule has 4 aromatic heterocycles. The number of benzene rings is 1. The van der Waals surface area contributed by atoms with Crippen LogP contribution in [-0.2, 0) is 9.59 Å². The van der Waals surface area contributed by atoms with E-state index in [1.165, 1.54) is 18.3 Å². The molecule has 0 bridgehead atoms. The highest BCUT2D eigenvalue weighted by molar-refractivity contribution is 6.01. The Bertz CT molecular complexity index is 2340. The van der Waals surface area contributed by atoms with Crippen LogP contribution < -0.4 is 15.5 Å². The molecule has 1 aliphatic carbocycles. The van der Waals surface area contributed by atoms with E-state index in [0.29, 0.717) is 65.2 Å². The highest BCUT2D eigenvalue weighted by atomic mass is 16.2. The molecule has 4 atom stereocenters. The normalized spacial score (nSPS) is 23.5. The van der Waals surface area contributed by atoms with Crippen LogP contribution >= 0.6 is 0 Å².